The van der Waals surface area contributed by atoms with Gasteiger partial charge >= 0.3 is 49.3 Å². The van der Waals surface area contributed by atoms with Crippen LogP contribution in [0.5, 0.6) is 0 Å². The molecule has 0 spiro atoms. The number of phosphoric acid groups is 1. The van der Waals surface area contributed by atoms with Crippen LogP contribution >= 0.6 is 7.82 Å². The van der Waals surface area contributed by atoms with Crippen molar-refractivity contribution >= 4 is 25.7 Å². The monoisotopic (exact) mass is 791 g/mol. The van der Waals surface area contributed by atoms with Crippen molar-refractivity contribution < 1.29 is 87.9 Å². The van der Waals surface area contributed by atoms with Crippen LogP contribution in [0, 0.1) is 11.8 Å². The quantitative estimate of drug-likeness (QED) is 0.0125. The van der Waals surface area contributed by atoms with E-state index in [1.165, 1.54) is 31.2 Å². The van der Waals surface area contributed by atoms with E-state index in [1.807, 2.05) is 13.0 Å². The van der Waals surface area contributed by atoms with Crippen LogP contribution in [-0.2, 0) is 28.2 Å². The molecule has 0 unspecified atom stereocenters. The molecule has 1 fully saturated rings. The molecule has 2 aliphatic rings. The average Bonchev–Trinajstić information content (AvgIpc) is 3.09. The summed E-state index contributed by atoms with van der Waals surface area (Å²) in [4.78, 5) is 46.5. The summed E-state index contributed by atoms with van der Waals surface area (Å²) in [5, 5.41) is 45.3. The van der Waals surface area contributed by atoms with Crippen LogP contribution in [0.1, 0.15) is 123 Å². The van der Waals surface area contributed by atoms with Crippen molar-refractivity contribution in [3.05, 3.63) is 48.6 Å². The molecular formula is C39H63NNaO12P. The smallest absolute Gasteiger partial charge is 0.862 e. The molecule has 0 bridgehead atoms. The number of hydrogen-bond acceptors (Lipinski definition) is 11. The molecule has 5 N–H and O–H groups in total. The van der Waals surface area contributed by atoms with Crippen LogP contribution in [0.4, 0.5) is 0 Å². The van der Waals surface area contributed by atoms with Gasteiger partial charge in [0.2, 0.25) is 0 Å². The Morgan fingerprint density at radius 2 is 1.76 bits per heavy atom. The fourth-order valence-electron chi connectivity index (χ4n) is 6.60. The van der Waals surface area contributed by atoms with Gasteiger partial charge in [-0.15, -0.1) is 0 Å². The molecule has 54 heavy (non-hydrogen) atoms. The van der Waals surface area contributed by atoms with Gasteiger partial charge in [-0.05, 0) is 62.8 Å². The third kappa shape index (κ3) is 22.8. The Bertz CT molecular complexity index is 1280. The average molecular weight is 792 g/mol. The third-order valence-electron chi connectivity index (χ3n) is 9.63. The van der Waals surface area contributed by atoms with Gasteiger partial charge in [0, 0.05) is 38.3 Å². The second-order valence-corrected chi connectivity index (χ2v) is 15.4. The number of carbonyl (C=O) groups excluding carboxylic acids is 2. The van der Waals surface area contributed by atoms with E-state index in [4.69, 9.17) is 14.0 Å². The number of hydrogen-bond donors (Lipinski definition) is 5. The molecule has 15 heteroatoms. The van der Waals surface area contributed by atoms with Crippen LogP contribution in [0.15, 0.2) is 53.6 Å². The minimum atomic E-state index is -5.18. The Labute approximate surface area is 343 Å². The number of allylic oxidation sites excluding steroid dienone is 3. The number of rotatable bonds is 26. The van der Waals surface area contributed by atoms with Gasteiger partial charge in [-0.3, -0.25) is 9.32 Å². The Balaban J connectivity index is 0.0000146. The number of nitrogens with zero attached hydrogens (tertiary/aromatic N) is 1. The zero-order chi connectivity index (χ0) is 39.1. The van der Waals surface area contributed by atoms with Crippen LogP contribution < -0.4 is 34.7 Å². The molecule has 1 heterocycles. The first-order valence-corrected chi connectivity index (χ1v) is 20.8. The summed E-state index contributed by atoms with van der Waals surface area (Å²) >= 11 is 0. The van der Waals surface area contributed by atoms with E-state index in [0.717, 1.165) is 70.6 Å². The molecule has 0 aromatic rings. The van der Waals surface area contributed by atoms with Gasteiger partial charge < -0.3 is 44.7 Å². The first kappa shape index (κ1) is 50.4. The molecule has 2 rings (SSSR count). The van der Waals surface area contributed by atoms with Crippen molar-refractivity contribution in [2.24, 2.45) is 16.8 Å². The van der Waals surface area contributed by atoms with E-state index in [-0.39, 0.29) is 78.8 Å². The van der Waals surface area contributed by atoms with Crippen LogP contribution in [0.25, 0.3) is 0 Å². The number of esters is 2. The van der Waals surface area contributed by atoms with Gasteiger partial charge in [0.15, 0.2) is 0 Å². The number of phosphoric ester groups is 1. The molecule has 7 atom stereocenters. The summed E-state index contributed by atoms with van der Waals surface area (Å²) in [7, 11) is -5.18. The van der Waals surface area contributed by atoms with Crippen molar-refractivity contribution in [3.8, 4) is 0 Å². The molecule has 0 saturated heterocycles. The Hall–Kier alpha value is -1.64. The van der Waals surface area contributed by atoms with E-state index in [1.54, 1.807) is 18.2 Å². The number of unbranched alkanes of at least 4 members (excludes halogenated alkanes) is 8. The summed E-state index contributed by atoms with van der Waals surface area (Å²) in [5.41, 5.74) is -2.12. The van der Waals surface area contributed by atoms with Gasteiger partial charge in [-0.25, -0.2) is 9.36 Å². The molecule has 0 amide bonds. The Morgan fingerprint density at radius 1 is 1.09 bits per heavy atom. The maximum atomic E-state index is 12.6. The molecule has 1 aliphatic heterocycles. The topological polar surface area (TPSA) is 215 Å². The van der Waals surface area contributed by atoms with E-state index in [9.17, 15) is 44.4 Å². The number of aliphatic hydroxyl groups is 3. The summed E-state index contributed by atoms with van der Waals surface area (Å²) < 4.78 is 27.5. The summed E-state index contributed by atoms with van der Waals surface area (Å²) in [6.45, 7) is 3.59. The zero-order valence-electron chi connectivity index (χ0n) is 32.5. The second-order valence-electron chi connectivity index (χ2n) is 14.2. The number of aliphatic imine (C=N–C) groups is 1. The van der Waals surface area contributed by atoms with Crippen molar-refractivity contribution in [1.82, 2.24) is 0 Å². The summed E-state index contributed by atoms with van der Waals surface area (Å²) in [6, 6.07) is 0. The van der Waals surface area contributed by atoms with Crippen LogP contribution in [-0.4, -0.2) is 86.1 Å². The fourth-order valence-corrected chi connectivity index (χ4v) is 7.20. The van der Waals surface area contributed by atoms with Crippen molar-refractivity contribution in [2.45, 2.75) is 153 Å². The van der Waals surface area contributed by atoms with E-state index in [0.29, 0.717) is 25.9 Å². The zero-order valence-corrected chi connectivity index (χ0v) is 35.4. The maximum absolute atomic E-state index is 12.6. The van der Waals surface area contributed by atoms with Gasteiger partial charge in [0.1, 0.15) is 17.8 Å². The van der Waals surface area contributed by atoms with Crippen LogP contribution in [0.2, 0.25) is 0 Å². The van der Waals surface area contributed by atoms with Crippen LogP contribution in [0.3, 0.4) is 0 Å². The number of cyclic esters (lactones) is 1. The van der Waals surface area contributed by atoms with Gasteiger partial charge in [-0.1, -0.05) is 94.7 Å². The predicted octanol–water partition coefficient (Wildman–Crippen LogP) is 2.29. The number of ether oxygens (including phenoxy) is 2. The van der Waals surface area contributed by atoms with Crippen molar-refractivity contribution in [2.75, 3.05) is 13.2 Å². The summed E-state index contributed by atoms with van der Waals surface area (Å²) in [5.74, 6) is -1.17. The molecule has 0 radical (unpaired) electrons. The number of carbonyl (C=O) groups is 2. The minimum absolute atomic E-state index is 0. The SMILES string of the molecule is CC[C@H]1C=CC(=O)O[C@H]1/C=C/[C@](O)(CCN=C([O-])CCCCCCCCCCCOC(C)=O)[C@@H](C[C@@H](O)/C=C\C=C/[C@@H]1CCC[C@H](O)C1)OP(=O)(O)O.[Na+]. The number of aliphatic hydroxyl groups excluding tert-OH is 2. The molecule has 0 aromatic carbocycles. The first-order chi connectivity index (χ1) is 25.2. The molecule has 302 valence electrons. The standard InChI is InChI=1S/C39H64NO12P.Na/c1-3-32-21-22-38(45)51-35(32)23-24-39(46,25-26-40-37(44)20-11-9-7-5-4-6-8-10-14-27-50-30(2)41)36(52-53(47,48)49)29-34(43)18-13-12-16-31-17-15-19-33(42)28-31;/h12-13,16,18,21-24,31-36,42-43,46H,3-11,14-15,17,19-20,25-29H2,1-2H3,(H,40,44)(H2,47,48,49);/q;+1/p-1/b16-12-,18-13-,24-23+;/t31-,32+,33+,34+,35+,36-,39+;/m1./s1. The normalized spacial score (nSPS) is 23.3. The predicted molar refractivity (Wildman–Crippen MR) is 200 cm³/mol. The molecule has 1 aliphatic carbocycles. The summed E-state index contributed by atoms with van der Waals surface area (Å²) in [6.07, 6.45) is 20.6. The Kier molecular flexibility index (Phi) is 26.0. The van der Waals surface area contributed by atoms with E-state index >= 15 is 0 Å². The Morgan fingerprint density at radius 3 is 2.39 bits per heavy atom. The van der Waals surface area contributed by atoms with Gasteiger partial charge in [0.25, 0.3) is 0 Å². The van der Waals surface area contributed by atoms with Crippen molar-refractivity contribution in [3.63, 3.8) is 0 Å². The van der Waals surface area contributed by atoms with E-state index in [2.05, 4.69) is 4.99 Å². The maximum Gasteiger partial charge on any atom is 1.00 e. The molecule has 0 aromatic heterocycles. The molecular weight excluding hydrogens is 728 g/mol. The van der Waals surface area contributed by atoms with Gasteiger partial charge in [-0.2, -0.15) is 0 Å². The fraction of sp³-hybridized carbons (Fsp3) is 0.718. The third-order valence-corrected chi connectivity index (χ3v) is 10.2. The molecule has 13 nitrogen and oxygen atoms in total. The minimum Gasteiger partial charge on any atom is -0.862 e. The largest absolute Gasteiger partial charge is 1.00 e. The molecule has 1 saturated carbocycles. The second kappa shape index (κ2) is 27.9. The first-order valence-electron chi connectivity index (χ1n) is 19.3. The van der Waals surface area contributed by atoms with E-state index < -0.39 is 44.1 Å². The van der Waals surface area contributed by atoms with Crippen molar-refractivity contribution in [1.29, 1.82) is 0 Å². The van der Waals surface area contributed by atoms with Gasteiger partial charge in [0.05, 0.1) is 18.8 Å².